The minimum atomic E-state index is -3.77. The van der Waals surface area contributed by atoms with Gasteiger partial charge in [-0.3, -0.25) is 4.79 Å². The van der Waals surface area contributed by atoms with Gasteiger partial charge in [0.25, 0.3) is 0 Å². The van der Waals surface area contributed by atoms with Gasteiger partial charge in [0.1, 0.15) is 10.6 Å². The van der Waals surface area contributed by atoms with Crippen LogP contribution in [0.5, 0.6) is 5.75 Å². The van der Waals surface area contributed by atoms with E-state index in [1.807, 2.05) is 6.92 Å². The zero-order valence-corrected chi connectivity index (χ0v) is 19.6. The molecule has 1 atom stereocenters. The summed E-state index contributed by atoms with van der Waals surface area (Å²) in [7, 11) is -2.35. The van der Waals surface area contributed by atoms with Crippen molar-refractivity contribution >= 4 is 39.1 Å². The highest BCUT2D eigenvalue weighted by molar-refractivity contribution is 7.89. The van der Waals surface area contributed by atoms with Crippen LogP contribution in [0, 0.1) is 0 Å². The van der Waals surface area contributed by atoms with E-state index >= 15 is 0 Å². The number of hydrogen-bond acceptors (Lipinski definition) is 5. The Hall–Kier alpha value is -1.84. The van der Waals surface area contributed by atoms with Crippen molar-refractivity contribution in [3.05, 3.63) is 57.6 Å². The highest BCUT2D eigenvalue weighted by atomic mass is 35.5. The maximum absolute atomic E-state index is 13.1. The Labute approximate surface area is 192 Å². The minimum Gasteiger partial charge on any atom is -0.495 e. The average molecular weight is 487 g/mol. The lowest BCUT2D eigenvalue weighted by atomic mass is 10.1. The number of hydrogen-bond donors (Lipinski definition) is 1. The molecule has 2 aromatic rings. The van der Waals surface area contributed by atoms with Crippen molar-refractivity contribution in [1.82, 2.24) is 9.62 Å². The first-order valence-corrected chi connectivity index (χ1v) is 11.9. The molecule has 2 aromatic carbocycles. The zero-order chi connectivity index (χ0) is 22.6. The number of amides is 1. The molecule has 1 aliphatic heterocycles. The molecule has 0 unspecified atom stereocenters. The normalized spacial score (nSPS) is 16.0. The second-order valence-corrected chi connectivity index (χ2v) is 9.86. The highest BCUT2D eigenvalue weighted by Gasteiger charge is 2.29. The van der Waals surface area contributed by atoms with Crippen molar-refractivity contribution in [2.45, 2.75) is 24.3 Å². The predicted molar refractivity (Wildman–Crippen MR) is 119 cm³/mol. The summed E-state index contributed by atoms with van der Waals surface area (Å²) >= 11 is 12.0. The van der Waals surface area contributed by atoms with Crippen LogP contribution in [0.15, 0.2) is 41.3 Å². The molecule has 3 rings (SSSR count). The first-order valence-electron chi connectivity index (χ1n) is 9.71. The van der Waals surface area contributed by atoms with Crippen LogP contribution in [0.1, 0.15) is 24.1 Å². The number of halogens is 2. The van der Waals surface area contributed by atoms with Crippen LogP contribution in [0.2, 0.25) is 10.0 Å². The molecule has 1 N–H and O–H groups in total. The Bertz CT molecular complexity index is 1060. The molecule has 0 aliphatic carbocycles. The fourth-order valence-corrected chi connectivity index (χ4v) is 5.22. The first-order chi connectivity index (χ1) is 14.7. The van der Waals surface area contributed by atoms with Crippen LogP contribution in [-0.4, -0.2) is 52.0 Å². The van der Waals surface area contributed by atoms with E-state index in [9.17, 15) is 13.2 Å². The van der Waals surface area contributed by atoms with E-state index in [-0.39, 0.29) is 42.1 Å². The van der Waals surface area contributed by atoms with Crippen LogP contribution < -0.4 is 10.1 Å². The van der Waals surface area contributed by atoms with E-state index in [1.165, 1.54) is 17.5 Å². The summed E-state index contributed by atoms with van der Waals surface area (Å²) in [5, 5.41) is 3.74. The molecule has 0 bridgehead atoms. The van der Waals surface area contributed by atoms with Gasteiger partial charge in [0.15, 0.2) is 0 Å². The number of sulfonamides is 1. The van der Waals surface area contributed by atoms with Crippen molar-refractivity contribution in [2.24, 2.45) is 0 Å². The lowest BCUT2D eigenvalue weighted by molar-refractivity contribution is -0.121. The molecule has 31 heavy (non-hydrogen) atoms. The quantitative estimate of drug-likeness (QED) is 0.647. The zero-order valence-electron chi connectivity index (χ0n) is 17.2. The van der Waals surface area contributed by atoms with Crippen molar-refractivity contribution < 1.29 is 22.7 Å². The molecule has 1 fully saturated rings. The van der Waals surface area contributed by atoms with Gasteiger partial charge in [-0.1, -0.05) is 35.3 Å². The van der Waals surface area contributed by atoms with Crippen LogP contribution in [-0.2, 0) is 26.0 Å². The summed E-state index contributed by atoms with van der Waals surface area (Å²) in [5.74, 6) is -0.0155. The number of rotatable bonds is 7. The summed E-state index contributed by atoms with van der Waals surface area (Å²) in [6.07, 6.45) is 0.0152. The van der Waals surface area contributed by atoms with Crippen molar-refractivity contribution in [1.29, 1.82) is 0 Å². The molecule has 7 nitrogen and oxygen atoms in total. The van der Waals surface area contributed by atoms with Gasteiger partial charge in [0, 0.05) is 13.1 Å². The molecule has 1 saturated heterocycles. The fourth-order valence-electron chi connectivity index (χ4n) is 3.30. The molecule has 0 aromatic heterocycles. The second-order valence-electron chi connectivity index (χ2n) is 7.14. The SMILES string of the molecule is COc1ccc(CC(=O)N[C@H](C)c2ccc(Cl)c(Cl)c2)cc1S(=O)(=O)N1CCOCC1. The standard InChI is InChI=1S/C21H24Cl2N2O5S/c1-14(16-4-5-17(22)18(23)13-16)24-21(26)12-15-3-6-19(29-2)20(11-15)31(27,28)25-7-9-30-10-8-25/h3-6,11,13-14H,7-10,12H2,1-2H3,(H,24,26)/t14-/m1/s1. The third-order valence-electron chi connectivity index (χ3n) is 5.00. The van der Waals surface area contributed by atoms with Crippen LogP contribution in [0.3, 0.4) is 0 Å². The number of carbonyl (C=O) groups is 1. The number of methoxy groups -OCH3 is 1. The number of nitrogens with zero attached hydrogens (tertiary/aromatic N) is 1. The highest BCUT2D eigenvalue weighted by Crippen LogP contribution is 2.29. The van der Waals surface area contributed by atoms with Gasteiger partial charge in [-0.2, -0.15) is 4.31 Å². The third kappa shape index (κ3) is 5.70. The monoisotopic (exact) mass is 486 g/mol. The average Bonchev–Trinajstić information content (AvgIpc) is 2.76. The van der Waals surface area contributed by atoms with Gasteiger partial charge in [-0.05, 0) is 42.3 Å². The van der Waals surface area contributed by atoms with Crippen molar-refractivity contribution in [3.63, 3.8) is 0 Å². The number of carbonyl (C=O) groups excluding carboxylic acids is 1. The first kappa shape index (κ1) is 23.8. The van der Waals surface area contributed by atoms with Gasteiger partial charge in [0.05, 0.1) is 42.8 Å². The third-order valence-corrected chi connectivity index (χ3v) is 7.66. The molecule has 0 radical (unpaired) electrons. The molecule has 168 valence electrons. The van der Waals surface area contributed by atoms with Crippen LogP contribution in [0.4, 0.5) is 0 Å². The van der Waals surface area contributed by atoms with Crippen LogP contribution in [0.25, 0.3) is 0 Å². The summed E-state index contributed by atoms with van der Waals surface area (Å²) < 4.78 is 38.1. The Kier molecular flexibility index (Phi) is 7.82. The number of morpholine rings is 1. The van der Waals surface area contributed by atoms with E-state index < -0.39 is 10.0 Å². The lowest BCUT2D eigenvalue weighted by Crippen LogP contribution is -2.40. The van der Waals surface area contributed by atoms with E-state index in [1.54, 1.807) is 30.3 Å². The largest absolute Gasteiger partial charge is 0.495 e. The fraction of sp³-hybridized carbons (Fsp3) is 0.381. The van der Waals surface area contributed by atoms with Gasteiger partial charge < -0.3 is 14.8 Å². The maximum Gasteiger partial charge on any atom is 0.246 e. The summed E-state index contributed by atoms with van der Waals surface area (Å²) in [5.41, 5.74) is 1.37. The van der Waals surface area contributed by atoms with Gasteiger partial charge in [-0.25, -0.2) is 8.42 Å². The molecule has 1 amide bonds. The van der Waals surface area contributed by atoms with E-state index in [0.717, 1.165) is 5.56 Å². The number of nitrogens with one attached hydrogen (secondary N) is 1. The maximum atomic E-state index is 13.1. The summed E-state index contributed by atoms with van der Waals surface area (Å²) in [4.78, 5) is 12.6. The topological polar surface area (TPSA) is 84.9 Å². The smallest absolute Gasteiger partial charge is 0.246 e. The number of benzene rings is 2. The molecular formula is C21H24Cl2N2O5S. The van der Waals surface area contributed by atoms with E-state index in [2.05, 4.69) is 5.32 Å². The molecular weight excluding hydrogens is 463 g/mol. The molecule has 0 saturated carbocycles. The lowest BCUT2D eigenvalue weighted by Gasteiger charge is -2.26. The Morgan fingerprint density at radius 3 is 2.52 bits per heavy atom. The van der Waals surface area contributed by atoms with Gasteiger partial charge >= 0.3 is 0 Å². The number of ether oxygens (including phenoxy) is 2. The Balaban J connectivity index is 1.76. The second kappa shape index (κ2) is 10.2. The van der Waals surface area contributed by atoms with Gasteiger partial charge in [-0.15, -0.1) is 0 Å². The van der Waals surface area contributed by atoms with Gasteiger partial charge in [0.2, 0.25) is 15.9 Å². The molecule has 1 heterocycles. The Morgan fingerprint density at radius 2 is 1.87 bits per heavy atom. The van der Waals surface area contributed by atoms with E-state index in [4.69, 9.17) is 32.7 Å². The van der Waals surface area contributed by atoms with Crippen molar-refractivity contribution in [3.8, 4) is 5.75 Å². The summed E-state index contributed by atoms with van der Waals surface area (Å²) in [6, 6.07) is 9.62. The molecule has 1 aliphatic rings. The predicted octanol–water partition coefficient (Wildman–Crippen LogP) is 3.44. The van der Waals surface area contributed by atoms with E-state index in [0.29, 0.717) is 28.8 Å². The van der Waals surface area contributed by atoms with Crippen molar-refractivity contribution in [2.75, 3.05) is 33.4 Å². The van der Waals surface area contributed by atoms with Crippen LogP contribution >= 0.6 is 23.2 Å². The molecule has 0 spiro atoms. The Morgan fingerprint density at radius 1 is 1.16 bits per heavy atom. The molecule has 10 heteroatoms. The summed E-state index contributed by atoms with van der Waals surface area (Å²) in [6.45, 7) is 3.07. The minimum absolute atomic E-state index is 0.0152.